The molecule has 9 heteroatoms. The molecule has 0 aliphatic rings. The van der Waals surface area contributed by atoms with E-state index in [1.165, 1.54) is 6.07 Å². The summed E-state index contributed by atoms with van der Waals surface area (Å²) in [5.74, 6) is 0.349. The van der Waals surface area contributed by atoms with Crippen LogP contribution in [-0.4, -0.2) is 19.7 Å². The molecule has 0 amide bonds. The Labute approximate surface area is 178 Å². The number of benzene rings is 2. The van der Waals surface area contributed by atoms with Crippen LogP contribution in [0.2, 0.25) is 10.0 Å². The molecule has 0 saturated carbocycles. The second-order valence-electron chi connectivity index (χ2n) is 6.24. The Balaban J connectivity index is 1.94. The van der Waals surface area contributed by atoms with Gasteiger partial charge in [-0.25, -0.2) is 19.0 Å². The van der Waals surface area contributed by atoms with Crippen LogP contribution in [-0.2, 0) is 0 Å². The summed E-state index contributed by atoms with van der Waals surface area (Å²) >= 11 is 15.5. The third kappa shape index (κ3) is 3.57. The largest absolute Gasteiger partial charge is 0.335 e. The summed E-state index contributed by atoms with van der Waals surface area (Å²) in [6, 6.07) is 9.91. The number of nitrogens with zero attached hydrogens (tertiary/aromatic N) is 4. The highest BCUT2D eigenvalue weighted by Crippen LogP contribution is 2.31. The van der Waals surface area contributed by atoms with Crippen LogP contribution < -0.4 is 5.32 Å². The van der Waals surface area contributed by atoms with Gasteiger partial charge in [0.2, 0.25) is 0 Å². The third-order valence-corrected chi connectivity index (χ3v) is 5.30. The van der Waals surface area contributed by atoms with Crippen molar-refractivity contribution in [1.82, 2.24) is 19.7 Å². The lowest BCUT2D eigenvalue weighted by atomic mass is 10.3. The van der Waals surface area contributed by atoms with E-state index < -0.39 is 5.82 Å². The predicted molar refractivity (Wildman–Crippen MR) is 114 cm³/mol. The molecule has 2 aromatic carbocycles. The van der Waals surface area contributed by atoms with Crippen molar-refractivity contribution in [2.24, 2.45) is 0 Å². The normalized spacial score (nSPS) is 11.2. The molecule has 4 rings (SSSR count). The molecule has 1 N–H and O–H groups in total. The van der Waals surface area contributed by atoms with Gasteiger partial charge in [0.1, 0.15) is 5.82 Å². The molecular formula is C19H13BrCl2FN5. The van der Waals surface area contributed by atoms with Gasteiger partial charge in [0.15, 0.2) is 11.6 Å². The molecule has 0 aliphatic carbocycles. The first-order valence-electron chi connectivity index (χ1n) is 8.24. The molecule has 0 radical (unpaired) electrons. The number of aromatic nitrogens is 4. The van der Waals surface area contributed by atoms with Crippen LogP contribution in [0.1, 0.15) is 11.4 Å². The highest BCUT2D eigenvalue weighted by atomic mass is 79.9. The minimum Gasteiger partial charge on any atom is -0.335 e. The van der Waals surface area contributed by atoms with Crippen LogP contribution in [0, 0.1) is 19.7 Å². The van der Waals surface area contributed by atoms with Gasteiger partial charge in [0.25, 0.3) is 0 Å². The molecule has 0 atom stereocenters. The number of fused-ring (bicyclic) bond motifs is 1. The predicted octanol–water partition coefficient (Wildman–Crippen LogP) is 6.38. The van der Waals surface area contributed by atoms with Crippen molar-refractivity contribution >= 4 is 61.7 Å². The monoisotopic (exact) mass is 479 g/mol. The lowest BCUT2D eigenvalue weighted by Crippen LogP contribution is -2.09. The first kappa shape index (κ1) is 19.1. The fourth-order valence-electron chi connectivity index (χ4n) is 2.84. The van der Waals surface area contributed by atoms with E-state index in [1.54, 1.807) is 28.9 Å². The molecule has 2 heterocycles. The van der Waals surface area contributed by atoms with Gasteiger partial charge >= 0.3 is 0 Å². The Kier molecular flexibility index (Phi) is 4.99. The number of anilines is 2. The van der Waals surface area contributed by atoms with Gasteiger partial charge < -0.3 is 5.32 Å². The lowest BCUT2D eigenvalue weighted by Gasteiger charge is -2.14. The molecule has 28 heavy (non-hydrogen) atoms. The molecule has 0 aliphatic heterocycles. The molecule has 5 nitrogen and oxygen atoms in total. The molecule has 0 saturated heterocycles. The molecule has 2 aromatic heterocycles. The summed E-state index contributed by atoms with van der Waals surface area (Å²) in [5.41, 5.74) is 3.04. The van der Waals surface area contributed by atoms with Crippen molar-refractivity contribution in [3.05, 3.63) is 68.1 Å². The minimum atomic E-state index is -0.426. The van der Waals surface area contributed by atoms with Gasteiger partial charge in [-0.05, 0) is 50.2 Å². The fraction of sp³-hybridized carbons (Fsp3) is 0.105. The second kappa shape index (κ2) is 7.31. The topological polar surface area (TPSA) is 55.6 Å². The van der Waals surface area contributed by atoms with E-state index in [1.807, 2.05) is 19.9 Å². The van der Waals surface area contributed by atoms with Gasteiger partial charge in [-0.2, -0.15) is 5.10 Å². The van der Waals surface area contributed by atoms with Crippen molar-refractivity contribution in [2.45, 2.75) is 13.8 Å². The van der Waals surface area contributed by atoms with E-state index in [9.17, 15) is 4.39 Å². The van der Waals surface area contributed by atoms with E-state index in [2.05, 4.69) is 36.3 Å². The molecule has 0 bridgehead atoms. The average molecular weight is 481 g/mol. The van der Waals surface area contributed by atoms with Crippen LogP contribution in [0.25, 0.3) is 16.9 Å². The fourth-order valence-corrected chi connectivity index (χ4v) is 3.48. The number of hydrogen-bond donors (Lipinski definition) is 1. The second-order valence-corrected chi connectivity index (χ2v) is 7.97. The van der Waals surface area contributed by atoms with Crippen LogP contribution in [0.4, 0.5) is 15.9 Å². The van der Waals surface area contributed by atoms with Crippen LogP contribution in [0.15, 0.2) is 40.9 Å². The number of aryl methyl sites for hydroxylation is 2. The van der Waals surface area contributed by atoms with Crippen molar-refractivity contribution in [3.63, 3.8) is 0 Å². The highest BCUT2D eigenvalue weighted by molar-refractivity contribution is 9.10. The van der Waals surface area contributed by atoms with Gasteiger partial charge in [-0.1, -0.05) is 39.1 Å². The maximum atomic E-state index is 14.4. The Morgan fingerprint density at radius 3 is 2.29 bits per heavy atom. The summed E-state index contributed by atoms with van der Waals surface area (Å²) in [4.78, 5) is 9.27. The number of hydrogen-bond acceptors (Lipinski definition) is 4. The van der Waals surface area contributed by atoms with Crippen LogP contribution in [0.5, 0.6) is 0 Å². The maximum absolute atomic E-state index is 14.4. The summed E-state index contributed by atoms with van der Waals surface area (Å²) in [7, 11) is 0. The van der Waals surface area contributed by atoms with E-state index in [0.29, 0.717) is 37.2 Å². The summed E-state index contributed by atoms with van der Waals surface area (Å²) < 4.78 is 16.7. The van der Waals surface area contributed by atoms with Crippen molar-refractivity contribution in [3.8, 4) is 5.82 Å². The Bertz CT molecular complexity index is 1220. The molecule has 0 unspecified atom stereocenters. The number of nitrogens with one attached hydrogen (secondary N) is 1. The zero-order chi connectivity index (χ0) is 20.0. The Morgan fingerprint density at radius 1 is 1.00 bits per heavy atom. The standard InChI is InChI=1S/C19H13BrCl2FN5/c1-9-5-10(2)28(27-9)19-18(24-15-4-3-11(20)6-14(15)23)25-16-7-12(21)13(22)8-17(16)26-19/h3-8H,1-2H3,(H,24,25). The summed E-state index contributed by atoms with van der Waals surface area (Å²) in [5, 5.41) is 8.24. The highest BCUT2D eigenvalue weighted by Gasteiger charge is 2.17. The molecule has 142 valence electrons. The number of halogens is 4. The zero-order valence-electron chi connectivity index (χ0n) is 14.8. The summed E-state index contributed by atoms with van der Waals surface area (Å²) in [6.07, 6.45) is 0. The van der Waals surface area contributed by atoms with Gasteiger partial charge in [-0.15, -0.1) is 0 Å². The van der Waals surface area contributed by atoms with Crippen LogP contribution in [0.3, 0.4) is 0 Å². The number of rotatable bonds is 3. The minimum absolute atomic E-state index is 0.264. The molecule has 4 aromatic rings. The van der Waals surface area contributed by atoms with Crippen molar-refractivity contribution < 1.29 is 4.39 Å². The maximum Gasteiger partial charge on any atom is 0.197 e. The SMILES string of the molecule is Cc1cc(C)n(-c2nc3cc(Cl)c(Cl)cc3nc2Nc2ccc(Br)cc2F)n1. The first-order chi connectivity index (χ1) is 13.3. The van der Waals surface area contributed by atoms with Gasteiger partial charge in [0, 0.05) is 10.2 Å². The van der Waals surface area contributed by atoms with E-state index in [0.717, 1.165) is 11.4 Å². The van der Waals surface area contributed by atoms with E-state index in [-0.39, 0.29) is 5.69 Å². The molecule has 0 spiro atoms. The molecular weight excluding hydrogens is 468 g/mol. The summed E-state index contributed by atoms with van der Waals surface area (Å²) in [6.45, 7) is 3.79. The zero-order valence-corrected chi connectivity index (χ0v) is 17.9. The Hall–Kier alpha value is -2.22. The quantitative estimate of drug-likeness (QED) is 0.369. The average Bonchev–Trinajstić information content (AvgIpc) is 2.96. The third-order valence-electron chi connectivity index (χ3n) is 4.08. The van der Waals surface area contributed by atoms with Gasteiger partial charge in [-0.3, -0.25) is 0 Å². The smallest absolute Gasteiger partial charge is 0.197 e. The first-order valence-corrected chi connectivity index (χ1v) is 9.79. The van der Waals surface area contributed by atoms with E-state index in [4.69, 9.17) is 23.2 Å². The van der Waals surface area contributed by atoms with Gasteiger partial charge in [0.05, 0.1) is 32.5 Å². The van der Waals surface area contributed by atoms with Crippen molar-refractivity contribution in [2.75, 3.05) is 5.32 Å². The van der Waals surface area contributed by atoms with Crippen LogP contribution >= 0.6 is 39.1 Å². The van der Waals surface area contributed by atoms with E-state index >= 15 is 0 Å². The van der Waals surface area contributed by atoms with Crippen molar-refractivity contribution in [1.29, 1.82) is 0 Å². The molecule has 0 fully saturated rings. The Morgan fingerprint density at radius 2 is 1.68 bits per heavy atom. The lowest BCUT2D eigenvalue weighted by molar-refractivity contribution is 0.631.